The van der Waals surface area contributed by atoms with Gasteiger partial charge in [0.15, 0.2) is 0 Å². The fraction of sp³-hybridized carbons (Fsp3) is 0.293. The van der Waals surface area contributed by atoms with E-state index in [2.05, 4.69) is 232 Å². The lowest BCUT2D eigenvalue weighted by Gasteiger charge is -2.37. The number of aryl methyl sites for hydroxylation is 4. The summed E-state index contributed by atoms with van der Waals surface area (Å²) in [5.74, 6) is 2.45. The average molecular weight is 843 g/mol. The zero-order valence-electron chi connectivity index (χ0n) is 40.2. The van der Waals surface area contributed by atoms with E-state index in [0.29, 0.717) is 6.67 Å². The van der Waals surface area contributed by atoms with Crippen LogP contribution in [-0.2, 0) is 16.2 Å². The molecule has 1 aromatic heterocycles. The van der Waals surface area contributed by atoms with Gasteiger partial charge in [-0.3, -0.25) is 4.90 Å². The van der Waals surface area contributed by atoms with Crippen LogP contribution >= 0.6 is 0 Å². The molecule has 0 unspecified atom stereocenters. The summed E-state index contributed by atoms with van der Waals surface area (Å²) in [5, 5.41) is 0. The fourth-order valence-electron chi connectivity index (χ4n) is 10.1. The van der Waals surface area contributed by atoms with E-state index in [4.69, 9.17) is 9.72 Å². The molecule has 9 rings (SSSR count). The topological polar surface area (TPSA) is 31.8 Å². The molecule has 0 atom stereocenters. The Balaban J connectivity index is 1.12. The molecular formula is C58H63BN4O. The van der Waals surface area contributed by atoms with E-state index in [9.17, 15) is 0 Å². The summed E-state index contributed by atoms with van der Waals surface area (Å²) in [6.07, 6.45) is 1.95. The Morgan fingerprint density at radius 1 is 0.516 bits per heavy atom. The van der Waals surface area contributed by atoms with Crippen LogP contribution in [0.15, 0.2) is 134 Å². The number of fused-ring (bicyclic) bond motifs is 3. The molecule has 0 saturated carbocycles. The summed E-state index contributed by atoms with van der Waals surface area (Å²) < 4.78 is 6.94. The number of nitrogens with zero attached hydrogens (tertiary/aromatic N) is 4. The minimum Gasteiger partial charge on any atom is -0.457 e. The molecular weight excluding hydrogens is 779 g/mol. The molecule has 2 aliphatic heterocycles. The summed E-state index contributed by atoms with van der Waals surface area (Å²) in [7, 11) is 0. The molecule has 0 saturated heterocycles. The standard InChI is InChI=1S/C58H63BN4O/c1-37-29-38(2)54(39(3)30-37)59-47-21-14-15-22-49(47)63(53-33-41(27-28-60-53)56(5,6)7)52-35-45(25-26-48(52)59)64-44-20-18-19-43(34-44)61-36-62(51-24-17-16-23-50(51)61)55-40(4)31-42(57(8,9)10)32-46(55)58(11,12)13/h14-35H,36H2,1-13H3. The molecule has 324 valence electrons. The number of hydrogen-bond donors (Lipinski definition) is 0. The molecule has 0 aliphatic carbocycles. The van der Waals surface area contributed by atoms with Gasteiger partial charge in [0.25, 0.3) is 0 Å². The molecule has 5 nitrogen and oxygen atoms in total. The predicted molar refractivity (Wildman–Crippen MR) is 274 cm³/mol. The van der Waals surface area contributed by atoms with Crippen molar-refractivity contribution in [1.29, 1.82) is 0 Å². The molecule has 0 amide bonds. The second-order valence-electron chi connectivity index (χ2n) is 21.3. The number of ether oxygens (including phenoxy) is 1. The Kier molecular flexibility index (Phi) is 10.6. The third-order valence-electron chi connectivity index (χ3n) is 13.3. The first-order chi connectivity index (χ1) is 30.3. The third-order valence-corrected chi connectivity index (χ3v) is 13.3. The van der Waals surface area contributed by atoms with Crippen LogP contribution < -0.4 is 35.8 Å². The number of para-hydroxylation sites is 3. The number of hydrogen-bond acceptors (Lipinski definition) is 5. The van der Waals surface area contributed by atoms with Crippen LogP contribution in [0.2, 0.25) is 0 Å². The summed E-state index contributed by atoms with van der Waals surface area (Å²) in [6, 6.07) is 46.7. The Morgan fingerprint density at radius 2 is 1.14 bits per heavy atom. The van der Waals surface area contributed by atoms with Crippen molar-refractivity contribution < 1.29 is 4.74 Å². The molecule has 64 heavy (non-hydrogen) atoms. The molecule has 6 aromatic carbocycles. The lowest BCUT2D eigenvalue weighted by Crippen LogP contribution is -2.58. The predicted octanol–water partition coefficient (Wildman–Crippen LogP) is 13.5. The highest BCUT2D eigenvalue weighted by Crippen LogP contribution is 2.49. The highest BCUT2D eigenvalue weighted by atomic mass is 16.5. The SMILES string of the molecule is Cc1cc(C)c(B2c3ccccc3N(c3cc(C(C)(C)C)ccn3)c3cc(Oc4cccc(N5CN(c6c(C)cc(C(C)(C)C)cc6C(C)(C)C)c6ccccc65)c4)ccc32)c(C)c1. The van der Waals surface area contributed by atoms with E-state index in [1.807, 2.05) is 6.20 Å². The zero-order chi connectivity index (χ0) is 45.5. The first-order valence-electron chi connectivity index (χ1n) is 22.9. The van der Waals surface area contributed by atoms with Crippen LogP contribution in [0.25, 0.3) is 0 Å². The van der Waals surface area contributed by atoms with E-state index in [-0.39, 0.29) is 23.0 Å². The number of aromatic nitrogens is 1. The minimum atomic E-state index is -0.0483. The van der Waals surface area contributed by atoms with Crippen LogP contribution in [0.4, 0.5) is 39.9 Å². The van der Waals surface area contributed by atoms with Gasteiger partial charge in [-0.05, 0) is 126 Å². The molecule has 0 N–H and O–H groups in total. The van der Waals surface area contributed by atoms with Crippen LogP contribution in [0.1, 0.15) is 101 Å². The quantitative estimate of drug-likeness (QED) is 0.156. The summed E-state index contributed by atoms with van der Waals surface area (Å²) in [6.45, 7) is 30.4. The molecule has 6 heteroatoms. The first kappa shape index (κ1) is 43.0. The van der Waals surface area contributed by atoms with Crippen molar-refractivity contribution in [3.63, 3.8) is 0 Å². The van der Waals surface area contributed by atoms with Gasteiger partial charge in [-0.25, -0.2) is 4.98 Å². The van der Waals surface area contributed by atoms with Crippen molar-refractivity contribution >= 4 is 63.0 Å². The largest absolute Gasteiger partial charge is 0.457 e. The second kappa shape index (κ2) is 15.8. The monoisotopic (exact) mass is 843 g/mol. The van der Waals surface area contributed by atoms with Gasteiger partial charge in [0.05, 0.1) is 11.4 Å². The van der Waals surface area contributed by atoms with Crippen LogP contribution in [0, 0.1) is 27.7 Å². The maximum atomic E-state index is 6.94. The molecule has 0 bridgehead atoms. The fourth-order valence-corrected chi connectivity index (χ4v) is 10.1. The normalized spacial score (nSPS) is 13.8. The molecule has 0 spiro atoms. The van der Waals surface area contributed by atoms with E-state index in [1.165, 1.54) is 72.4 Å². The second-order valence-corrected chi connectivity index (χ2v) is 21.3. The summed E-state index contributed by atoms with van der Waals surface area (Å²) >= 11 is 0. The smallest absolute Gasteiger partial charge is 0.247 e. The number of pyridine rings is 1. The first-order valence-corrected chi connectivity index (χ1v) is 22.9. The van der Waals surface area contributed by atoms with Crippen LogP contribution in [0.3, 0.4) is 0 Å². The van der Waals surface area contributed by atoms with Gasteiger partial charge in [-0.2, -0.15) is 0 Å². The molecule has 2 aliphatic rings. The van der Waals surface area contributed by atoms with Crippen LogP contribution in [0.5, 0.6) is 11.5 Å². The summed E-state index contributed by atoms with van der Waals surface area (Å²) in [5.41, 5.74) is 19.9. The summed E-state index contributed by atoms with van der Waals surface area (Å²) in [4.78, 5) is 12.3. The van der Waals surface area contributed by atoms with E-state index in [1.54, 1.807) is 0 Å². The van der Waals surface area contributed by atoms with E-state index in [0.717, 1.165) is 34.4 Å². The molecule has 0 radical (unpaired) electrons. The van der Waals surface area contributed by atoms with Gasteiger partial charge in [0, 0.05) is 41.1 Å². The highest BCUT2D eigenvalue weighted by molar-refractivity contribution is 6.98. The van der Waals surface area contributed by atoms with Gasteiger partial charge in [0.1, 0.15) is 24.0 Å². The van der Waals surface area contributed by atoms with Gasteiger partial charge in [-0.1, -0.05) is 151 Å². The maximum absolute atomic E-state index is 6.94. The van der Waals surface area contributed by atoms with Gasteiger partial charge in [0.2, 0.25) is 6.71 Å². The lowest BCUT2D eigenvalue weighted by atomic mass is 9.34. The van der Waals surface area contributed by atoms with Gasteiger partial charge in [-0.15, -0.1) is 0 Å². The van der Waals surface area contributed by atoms with Crippen molar-refractivity contribution in [2.24, 2.45) is 0 Å². The Hall–Kier alpha value is -6.27. The molecule has 7 aromatic rings. The van der Waals surface area contributed by atoms with Crippen LogP contribution in [-0.4, -0.2) is 18.4 Å². The van der Waals surface area contributed by atoms with Crippen molar-refractivity contribution in [1.82, 2.24) is 4.98 Å². The van der Waals surface area contributed by atoms with Crippen molar-refractivity contribution in [2.75, 3.05) is 21.4 Å². The maximum Gasteiger partial charge on any atom is 0.247 e. The van der Waals surface area contributed by atoms with Crippen molar-refractivity contribution in [3.8, 4) is 11.5 Å². The van der Waals surface area contributed by atoms with E-state index >= 15 is 0 Å². The number of benzene rings is 6. The van der Waals surface area contributed by atoms with Gasteiger partial charge >= 0.3 is 0 Å². The zero-order valence-corrected chi connectivity index (χ0v) is 40.2. The average Bonchev–Trinajstić information content (AvgIpc) is 3.61. The Morgan fingerprint density at radius 3 is 1.81 bits per heavy atom. The third kappa shape index (κ3) is 7.76. The van der Waals surface area contributed by atoms with Crippen molar-refractivity contribution in [2.45, 2.75) is 106 Å². The highest BCUT2D eigenvalue weighted by Gasteiger charge is 2.38. The molecule has 0 fully saturated rings. The minimum absolute atomic E-state index is 0.0384. The molecule has 3 heterocycles. The Labute approximate surface area is 382 Å². The number of anilines is 7. The van der Waals surface area contributed by atoms with E-state index < -0.39 is 0 Å². The number of rotatable bonds is 6. The Bertz CT molecular complexity index is 2910. The van der Waals surface area contributed by atoms with Gasteiger partial charge < -0.3 is 14.5 Å². The lowest BCUT2D eigenvalue weighted by molar-refractivity contribution is 0.483. The van der Waals surface area contributed by atoms with Crippen molar-refractivity contribution in [3.05, 3.63) is 173 Å².